The van der Waals surface area contributed by atoms with Crippen LogP contribution >= 0.6 is 0 Å². The van der Waals surface area contributed by atoms with E-state index >= 15 is 0 Å². The van der Waals surface area contributed by atoms with Crippen LogP contribution in [0.2, 0.25) is 0 Å². The van der Waals surface area contributed by atoms with E-state index in [2.05, 4.69) is 16.9 Å². The van der Waals surface area contributed by atoms with Crippen molar-refractivity contribution in [1.29, 1.82) is 0 Å². The Bertz CT molecular complexity index is 466. The average Bonchev–Trinajstić information content (AvgIpc) is 2.52. The molecule has 1 aliphatic carbocycles. The minimum absolute atomic E-state index is 0.287. The molecule has 0 amide bonds. The molecule has 0 bridgehead atoms. The van der Waals surface area contributed by atoms with E-state index in [4.69, 9.17) is 10.5 Å². The summed E-state index contributed by atoms with van der Waals surface area (Å²) in [4.78, 5) is 18.5. The Morgan fingerprint density at radius 2 is 2.38 bits per heavy atom. The highest BCUT2D eigenvalue weighted by Gasteiger charge is 2.41. The minimum atomic E-state index is -0.822. The fourth-order valence-corrected chi connectivity index (χ4v) is 3.06. The number of likely N-dealkylation sites (N-methyl/N-ethyl adjacent to an activating group) is 1. The number of nitrogens with zero attached hydrogens (tertiary/aromatic N) is 2. The lowest BCUT2D eigenvalue weighted by molar-refractivity contribution is -0.149. The van der Waals surface area contributed by atoms with Crippen LogP contribution in [0, 0.1) is 0 Å². The molecule has 1 saturated carbocycles. The molecular formula is C16H25N3O2. The highest BCUT2D eigenvalue weighted by molar-refractivity contribution is 5.80. The summed E-state index contributed by atoms with van der Waals surface area (Å²) in [6, 6.07) is 6.29. The highest BCUT2D eigenvalue weighted by atomic mass is 16.5. The second-order valence-electron chi connectivity index (χ2n) is 5.95. The van der Waals surface area contributed by atoms with E-state index in [-0.39, 0.29) is 5.97 Å². The van der Waals surface area contributed by atoms with Crippen molar-refractivity contribution in [1.82, 2.24) is 9.88 Å². The van der Waals surface area contributed by atoms with Crippen molar-refractivity contribution in [3.63, 3.8) is 0 Å². The van der Waals surface area contributed by atoms with E-state index in [1.54, 1.807) is 0 Å². The van der Waals surface area contributed by atoms with E-state index in [0.29, 0.717) is 18.9 Å². The van der Waals surface area contributed by atoms with Gasteiger partial charge in [0.1, 0.15) is 5.54 Å². The van der Waals surface area contributed by atoms with E-state index in [9.17, 15) is 4.79 Å². The Kier molecular flexibility index (Phi) is 5.31. The van der Waals surface area contributed by atoms with Gasteiger partial charge in [0.2, 0.25) is 0 Å². The van der Waals surface area contributed by atoms with Crippen molar-refractivity contribution in [3.05, 3.63) is 30.1 Å². The fourth-order valence-electron chi connectivity index (χ4n) is 3.06. The molecule has 0 saturated heterocycles. The van der Waals surface area contributed by atoms with Gasteiger partial charge in [0.15, 0.2) is 0 Å². The number of rotatable bonds is 5. The molecule has 0 radical (unpaired) electrons. The summed E-state index contributed by atoms with van der Waals surface area (Å²) in [6.45, 7) is 0.916. The molecule has 2 rings (SSSR count). The van der Waals surface area contributed by atoms with Crippen LogP contribution in [0.4, 0.5) is 0 Å². The first-order valence-corrected chi connectivity index (χ1v) is 7.52. The van der Waals surface area contributed by atoms with Gasteiger partial charge in [-0.25, -0.2) is 0 Å². The maximum atomic E-state index is 11.9. The Morgan fingerprint density at radius 1 is 1.57 bits per heavy atom. The molecule has 2 atom stereocenters. The molecule has 116 valence electrons. The van der Waals surface area contributed by atoms with Gasteiger partial charge in [-0.3, -0.25) is 9.78 Å². The van der Waals surface area contributed by atoms with Crippen LogP contribution in [0.5, 0.6) is 0 Å². The van der Waals surface area contributed by atoms with E-state index in [0.717, 1.165) is 31.5 Å². The molecular weight excluding hydrogens is 266 g/mol. The normalized spacial score (nSPS) is 25.8. The molecule has 1 aliphatic rings. The first-order valence-electron chi connectivity index (χ1n) is 7.52. The van der Waals surface area contributed by atoms with Crippen molar-refractivity contribution < 1.29 is 9.53 Å². The Labute approximate surface area is 126 Å². The Morgan fingerprint density at radius 3 is 3.05 bits per heavy atom. The molecule has 1 aromatic heterocycles. The predicted molar refractivity (Wildman–Crippen MR) is 81.8 cm³/mol. The maximum Gasteiger partial charge on any atom is 0.325 e. The van der Waals surface area contributed by atoms with Crippen LogP contribution in [0.3, 0.4) is 0 Å². The lowest BCUT2D eigenvalue weighted by atomic mass is 9.79. The standard InChI is InChI=1S/C16H25N3O2/c1-19(11-8-13-6-3-4-10-18-13)14-7-5-9-16(17,12-14)15(20)21-2/h3-4,6,10,14H,5,7-9,11-12,17H2,1-2H3. The quantitative estimate of drug-likeness (QED) is 0.830. The molecule has 0 aliphatic heterocycles. The number of ether oxygens (including phenoxy) is 1. The van der Waals surface area contributed by atoms with Crippen LogP contribution in [-0.4, -0.2) is 48.1 Å². The summed E-state index contributed by atoms with van der Waals surface area (Å²) in [7, 11) is 3.50. The van der Waals surface area contributed by atoms with E-state index in [1.807, 2.05) is 24.4 Å². The average molecular weight is 291 g/mol. The van der Waals surface area contributed by atoms with Gasteiger partial charge in [0.25, 0.3) is 0 Å². The zero-order chi connectivity index (χ0) is 15.3. The van der Waals surface area contributed by atoms with Crippen LogP contribution in [0.25, 0.3) is 0 Å². The first-order chi connectivity index (χ1) is 10.0. The molecule has 1 fully saturated rings. The van der Waals surface area contributed by atoms with Crippen molar-refractivity contribution in [2.24, 2.45) is 5.73 Å². The Balaban J connectivity index is 1.90. The third kappa shape index (κ3) is 4.02. The SMILES string of the molecule is COC(=O)C1(N)CCCC(N(C)CCc2ccccn2)C1. The molecule has 0 spiro atoms. The van der Waals surface area contributed by atoms with Crippen molar-refractivity contribution in [3.8, 4) is 0 Å². The number of pyridine rings is 1. The predicted octanol–water partition coefficient (Wildman–Crippen LogP) is 1.37. The van der Waals surface area contributed by atoms with Gasteiger partial charge in [-0.15, -0.1) is 0 Å². The number of methoxy groups -OCH3 is 1. The number of carbonyl (C=O) groups excluding carboxylic acids is 1. The molecule has 2 unspecified atom stereocenters. The zero-order valence-electron chi connectivity index (χ0n) is 12.9. The Hall–Kier alpha value is -1.46. The van der Waals surface area contributed by atoms with Gasteiger partial charge in [0.05, 0.1) is 7.11 Å². The zero-order valence-corrected chi connectivity index (χ0v) is 12.9. The van der Waals surface area contributed by atoms with Crippen LogP contribution in [0.1, 0.15) is 31.4 Å². The van der Waals surface area contributed by atoms with Gasteiger partial charge in [-0.05, 0) is 44.9 Å². The van der Waals surface area contributed by atoms with Gasteiger partial charge < -0.3 is 15.4 Å². The third-order valence-corrected chi connectivity index (χ3v) is 4.42. The highest BCUT2D eigenvalue weighted by Crippen LogP contribution is 2.30. The number of carbonyl (C=O) groups is 1. The molecule has 1 heterocycles. The van der Waals surface area contributed by atoms with E-state index in [1.165, 1.54) is 7.11 Å². The van der Waals surface area contributed by atoms with Crippen molar-refractivity contribution >= 4 is 5.97 Å². The van der Waals surface area contributed by atoms with Crippen LogP contribution in [0.15, 0.2) is 24.4 Å². The van der Waals surface area contributed by atoms with E-state index < -0.39 is 5.54 Å². The fraction of sp³-hybridized carbons (Fsp3) is 0.625. The van der Waals surface area contributed by atoms with Gasteiger partial charge >= 0.3 is 5.97 Å². The summed E-state index contributed by atoms with van der Waals surface area (Å²) < 4.78 is 4.86. The molecule has 5 nitrogen and oxygen atoms in total. The van der Waals surface area contributed by atoms with Crippen LogP contribution < -0.4 is 5.73 Å². The minimum Gasteiger partial charge on any atom is -0.468 e. The lowest BCUT2D eigenvalue weighted by Gasteiger charge is -2.39. The lowest BCUT2D eigenvalue weighted by Crippen LogP contribution is -2.55. The molecule has 2 N–H and O–H groups in total. The molecule has 5 heteroatoms. The first kappa shape index (κ1) is 15.9. The number of nitrogens with two attached hydrogens (primary N) is 1. The number of hydrogen-bond acceptors (Lipinski definition) is 5. The van der Waals surface area contributed by atoms with Crippen molar-refractivity contribution in [2.75, 3.05) is 20.7 Å². The topological polar surface area (TPSA) is 68.5 Å². The molecule has 0 aromatic carbocycles. The monoisotopic (exact) mass is 291 g/mol. The van der Waals surface area contributed by atoms with Crippen molar-refractivity contribution in [2.45, 2.75) is 43.7 Å². The number of esters is 1. The van der Waals surface area contributed by atoms with Gasteiger partial charge in [0, 0.05) is 30.9 Å². The summed E-state index contributed by atoms with van der Waals surface area (Å²) in [6.07, 6.45) is 6.14. The third-order valence-electron chi connectivity index (χ3n) is 4.42. The second-order valence-corrected chi connectivity index (χ2v) is 5.95. The summed E-state index contributed by atoms with van der Waals surface area (Å²) >= 11 is 0. The number of hydrogen-bond donors (Lipinski definition) is 1. The molecule has 1 aromatic rings. The molecule has 21 heavy (non-hydrogen) atoms. The summed E-state index contributed by atoms with van der Waals surface area (Å²) in [5, 5.41) is 0. The smallest absolute Gasteiger partial charge is 0.325 e. The maximum absolute atomic E-state index is 11.9. The van der Waals surface area contributed by atoms with Gasteiger partial charge in [-0.1, -0.05) is 6.07 Å². The van der Waals surface area contributed by atoms with Crippen LogP contribution in [-0.2, 0) is 16.0 Å². The largest absolute Gasteiger partial charge is 0.468 e. The summed E-state index contributed by atoms with van der Waals surface area (Å²) in [5.41, 5.74) is 6.50. The second kappa shape index (κ2) is 7.00. The number of aromatic nitrogens is 1. The van der Waals surface area contributed by atoms with Gasteiger partial charge in [-0.2, -0.15) is 0 Å². The summed E-state index contributed by atoms with van der Waals surface area (Å²) in [5.74, 6) is -0.287.